The Hall–Kier alpha value is -2.79. The number of aromatic nitrogens is 3. The van der Waals surface area contributed by atoms with E-state index in [1.807, 2.05) is 24.3 Å². The number of aromatic amines is 1. The molecule has 1 N–H and O–H groups in total. The van der Waals surface area contributed by atoms with Crippen LogP contribution in [0.4, 0.5) is 0 Å². The lowest BCUT2D eigenvalue weighted by Crippen LogP contribution is -2.18. The van der Waals surface area contributed by atoms with Gasteiger partial charge in [0.15, 0.2) is 0 Å². The first-order chi connectivity index (χ1) is 12.2. The van der Waals surface area contributed by atoms with Crippen molar-refractivity contribution < 1.29 is 0 Å². The van der Waals surface area contributed by atoms with Gasteiger partial charge in [0.25, 0.3) is 5.56 Å². The molecule has 0 saturated carbocycles. The van der Waals surface area contributed by atoms with Crippen LogP contribution in [0.5, 0.6) is 0 Å². The van der Waals surface area contributed by atoms with Gasteiger partial charge in [0.2, 0.25) is 0 Å². The van der Waals surface area contributed by atoms with E-state index < -0.39 is 0 Å². The van der Waals surface area contributed by atoms with E-state index in [0.717, 1.165) is 30.6 Å². The Balaban J connectivity index is 1.87. The first-order valence-corrected chi connectivity index (χ1v) is 8.45. The Labute approximate surface area is 147 Å². The molecule has 0 aliphatic heterocycles. The van der Waals surface area contributed by atoms with Crippen LogP contribution in [0.3, 0.4) is 0 Å². The summed E-state index contributed by atoms with van der Waals surface area (Å²) >= 11 is 0. The third kappa shape index (κ3) is 4.39. The minimum atomic E-state index is -0.163. The van der Waals surface area contributed by atoms with Crippen LogP contribution >= 0.6 is 0 Å². The summed E-state index contributed by atoms with van der Waals surface area (Å²) in [7, 11) is 2.12. The molecule has 0 bridgehead atoms. The fourth-order valence-electron chi connectivity index (χ4n) is 2.81. The Morgan fingerprint density at radius 2 is 1.76 bits per heavy atom. The zero-order valence-corrected chi connectivity index (χ0v) is 14.6. The van der Waals surface area contributed by atoms with Gasteiger partial charge in [0.05, 0.1) is 5.69 Å². The van der Waals surface area contributed by atoms with Gasteiger partial charge in [-0.25, -0.2) is 4.98 Å². The van der Waals surface area contributed by atoms with Crippen molar-refractivity contribution in [3.8, 4) is 22.6 Å². The molecule has 1 aromatic carbocycles. The fourth-order valence-corrected chi connectivity index (χ4v) is 2.81. The molecule has 0 spiro atoms. The minimum absolute atomic E-state index is 0.163. The third-order valence-corrected chi connectivity index (χ3v) is 4.00. The Kier molecular flexibility index (Phi) is 5.36. The van der Waals surface area contributed by atoms with Crippen LogP contribution in [-0.4, -0.2) is 33.4 Å². The highest BCUT2D eigenvalue weighted by molar-refractivity contribution is 5.63. The van der Waals surface area contributed by atoms with Crippen LogP contribution in [0.25, 0.3) is 22.6 Å². The Morgan fingerprint density at radius 1 is 1.04 bits per heavy atom. The Morgan fingerprint density at radius 3 is 2.44 bits per heavy atom. The fraction of sp³-hybridized carbons (Fsp3) is 0.250. The molecule has 5 heteroatoms. The average molecular weight is 334 g/mol. The number of pyridine rings is 1. The normalized spacial score (nSPS) is 11.0. The summed E-state index contributed by atoms with van der Waals surface area (Å²) in [6.07, 6.45) is 4.53. The summed E-state index contributed by atoms with van der Waals surface area (Å²) in [6.45, 7) is 4.16. The predicted molar refractivity (Wildman–Crippen MR) is 100 cm³/mol. The highest BCUT2D eigenvalue weighted by Crippen LogP contribution is 2.19. The van der Waals surface area contributed by atoms with Gasteiger partial charge in [-0.2, -0.15) is 0 Å². The van der Waals surface area contributed by atoms with E-state index in [1.54, 1.807) is 12.4 Å². The zero-order chi connectivity index (χ0) is 17.6. The van der Waals surface area contributed by atoms with Gasteiger partial charge in [0, 0.05) is 36.1 Å². The molecule has 3 aromatic rings. The maximum Gasteiger partial charge on any atom is 0.251 e. The Bertz CT molecular complexity index is 872. The van der Waals surface area contributed by atoms with Gasteiger partial charge < -0.3 is 9.88 Å². The highest BCUT2D eigenvalue weighted by Gasteiger charge is 2.07. The van der Waals surface area contributed by atoms with Crippen LogP contribution in [0, 0.1) is 0 Å². The maximum atomic E-state index is 12.0. The summed E-state index contributed by atoms with van der Waals surface area (Å²) in [4.78, 5) is 25.7. The second-order valence-corrected chi connectivity index (χ2v) is 6.15. The molecule has 0 amide bonds. The molecular weight excluding hydrogens is 312 g/mol. The first-order valence-electron chi connectivity index (χ1n) is 8.45. The van der Waals surface area contributed by atoms with Crippen molar-refractivity contribution in [2.24, 2.45) is 0 Å². The van der Waals surface area contributed by atoms with E-state index in [2.05, 4.69) is 46.0 Å². The molecule has 25 heavy (non-hydrogen) atoms. The van der Waals surface area contributed by atoms with Crippen molar-refractivity contribution in [3.63, 3.8) is 0 Å². The van der Waals surface area contributed by atoms with Crippen LogP contribution in [0.1, 0.15) is 18.9 Å². The van der Waals surface area contributed by atoms with E-state index in [1.165, 1.54) is 11.6 Å². The zero-order valence-electron chi connectivity index (χ0n) is 14.6. The third-order valence-electron chi connectivity index (χ3n) is 4.00. The lowest BCUT2D eigenvalue weighted by Gasteiger charge is -2.15. The van der Waals surface area contributed by atoms with E-state index in [9.17, 15) is 4.79 Å². The maximum absolute atomic E-state index is 12.0. The van der Waals surface area contributed by atoms with E-state index in [4.69, 9.17) is 0 Å². The summed E-state index contributed by atoms with van der Waals surface area (Å²) in [5.41, 5.74) is 3.50. The van der Waals surface area contributed by atoms with Gasteiger partial charge >= 0.3 is 0 Å². The van der Waals surface area contributed by atoms with Gasteiger partial charge in [-0.15, -0.1) is 0 Å². The summed E-state index contributed by atoms with van der Waals surface area (Å²) < 4.78 is 0. The lowest BCUT2D eigenvalue weighted by molar-refractivity contribution is 0.327. The molecule has 0 unspecified atom stereocenters. The molecule has 0 radical (unpaired) electrons. The average Bonchev–Trinajstić information content (AvgIpc) is 2.63. The summed E-state index contributed by atoms with van der Waals surface area (Å²) in [6, 6.07) is 13.4. The largest absolute Gasteiger partial charge is 0.306 e. The van der Waals surface area contributed by atoms with Crippen molar-refractivity contribution in [3.05, 3.63) is 70.8 Å². The van der Waals surface area contributed by atoms with Crippen molar-refractivity contribution in [2.45, 2.75) is 19.9 Å². The van der Waals surface area contributed by atoms with Gasteiger partial charge in [-0.3, -0.25) is 9.78 Å². The monoisotopic (exact) mass is 334 g/mol. The number of nitrogens with zero attached hydrogens (tertiary/aromatic N) is 3. The molecular formula is C20H22N4O. The topological polar surface area (TPSA) is 61.9 Å². The number of hydrogen-bond acceptors (Lipinski definition) is 4. The number of H-pyrrole nitrogens is 1. The molecule has 3 rings (SSSR count). The molecule has 0 aliphatic carbocycles. The van der Waals surface area contributed by atoms with E-state index in [0.29, 0.717) is 11.5 Å². The van der Waals surface area contributed by atoms with Gasteiger partial charge in [-0.1, -0.05) is 31.2 Å². The molecule has 2 aromatic heterocycles. The number of rotatable bonds is 6. The standard InChI is InChI=1S/C20H22N4O/c1-3-12-24(2)14-15-4-6-17(7-5-15)20-22-18(13-19(25)23-20)16-8-10-21-11-9-16/h4-11,13H,3,12,14H2,1-2H3,(H,22,23,25). The van der Waals surface area contributed by atoms with Crippen molar-refractivity contribution in [2.75, 3.05) is 13.6 Å². The second-order valence-electron chi connectivity index (χ2n) is 6.15. The molecule has 5 nitrogen and oxygen atoms in total. The van der Waals surface area contributed by atoms with Crippen LogP contribution in [0.2, 0.25) is 0 Å². The van der Waals surface area contributed by atoms with Crippen LogP contribution in [-0.2, 0) is 6.54 Å². The van der Waals surface area contributed by atoms with Crippen molar-refractivity contribution in [1.82, 2.24) is 19.9 Å². The van der Waals surface area contributed by atoms with Crippen LogP contribution < -0.4 is 5.56 Å². The molecule has 2 heterocycles. The second kappa shape index (κ2) is 7.85. The van der Waals surface area contributed by atoms with Crippen molar-refractivity contribution >= 4 is 0 Å². The van der Waals surface area contributed by atoms with Crippen LogP contribution in [0.15, 0.2) is 59.7 Å². The van der Waals surface area contributed by atoms with E-state index in [-0.39, 0.29) is 5.56 Å². The predicted octanol–water partition coefficient (Wildman–Crippen LogP) is 3.34. The lowest BCUT2D eigenvalue weighted by atomic mass is 10.1. The number of nitrogens with one attached hydrogen (secondary N) is 1. The quantitative estimate of drug-likeness (QED) is 0.751. The van der Waals surface area contributed by atoms with Crippen molar-refractivity contribution in [1.29, 1.82) is 0 Å². The molecule has 128 valence electrons. The highest BCUT2D eigenvalue weighted by atomic mass is 16.1. The molecule has 0 fully saturated rings. The molecule has 0 atom stereocenters. The summed E-state index contributed by atoms with van der Waals surface area (Å²) in [5.74, 6) is 0.577. The van der Waals surface area contributed by atoms with Gasteiger partial charge in [-0.05, 0) is 37.7 Å². The first kappa shape index (κ1) is 17.0. The SMILES string of the molecule is CCCN(C)Cc1ccc(-c2nc(-c3ccncc3)cc(=O)[nH]2)cc1. The number of benzene rings is 1. The molecule has 0 aliphatic rings. The van der Waals surface area contributed by atoms with E-state index >= 15 is 0 Å². The number of hydrogen-bond donors (Lipinski definition) is 1. The minimum Gasteiger partial charge on any atom is -0.306 e. The smallest absolute Gasteiger partial charge is 0.251 e. The summed E-state index contributed by atoms with van der Waals surface area (Å²) in [5, 5.41) is 0. The molecule has 0 saturated heterocycles. The van der Waals surface area contributed by atoms with Gasteiger partial charge in [0.1, 0.15) is 5.82 Å².